The summed E-state index contributed by atoms with van der Waals surface area (Å²) in [7, 11) is 0. The molecule has 0 aromatic carbocycles. The van der Waals surface area contributed by atoms with Crippen LogP contribution in [0.5, 0.6) is 0 Å². The summed E-state index contributed by atoms with van der Waals surface area (Å²) in [5.41, 5.74) is 0. The largest absolute Gasteiger partial charge is 0.463 e. The first-order valence-electron chi connectivity index (χ1n) is 5.97. The molecule has 3 nitrogen and oxygen atoms in total. The van der Waals surface area contributed by atoms with Gasteiger partial charge in [-0.25, -0.2) is 0 Å². The fourth-order valence-corrected chi connectivity index (χ4v) is 2.11. The van der Waals surface area contributed by atoms with Gasteiger partial charge in [0.1, 0.15) is 6.61 Å². The van der Waals surface area contributed by atoms with Crippen molar-refractivity contribution in [1.29, 1.82) is 0 Å². The standard InChI is InChI=1S/C12H22O3/c1-3-11-4-6-12(7-5-11)15-9-8-14-10(2)13/h11-12H,3-9H2,1-2H3. The summed E-state index contributed by atoms with van der Waals surface area (Å²) >= 11 is 0. The smallest absolute Gasteiger partial charge is 0.302 e. The van der Waals surface area contributed by atoms with Gasteiger partial charge in [-0.1, -0.05) is 13.3 Å². The maximum atomic E-state index is 10.5. The molecule has 0 N–H and O–H groups in total. The van der Waals surface area contributed by atoms with Crippen LogP contribution in [-0.4, -0.2) is 25.3 Å². The van der Waals surface area contributed by atoms with Crippen molar-refractivity contribution in [1.82, 2.24) is 0 Å². The van der Waals surface area contributed by atoms with Gasteiger partial charge in [0.15, 0.2) is 0 Å². The Morgan fingerprint density at radius 2 is 1.87 bits per heavy atom. The zero-order chi connectivity index (χ0) is 11.1. The number of hydrogen-bond acceptors (Lipinski definition) is 3. The van der Waals surface area contributed by atoms with E-state index in [0.717, 1.165) is 5.92 Å². The lowest BCUT2D eigenvalue weighted by Crippen LogP contribution is -2.23. The van der Waals surface area contributed by atoms with Crippen LogP contribution in [0.15, 0.2) is 0 Å². The molecular weight excluding hydrogens is 192 g/mol. The third-order valence-electron chi connectivity index (χ3n) is 3.11. The minimum absolute atomic E-state index is 0.228. The van der Waals surface area contributed by atoms with Gasteiger partial charge in [0, 0.05) is 6.92 Å². The van der Waals surface area contributed by atoms with E-state index < -0.39 is 0 Å². The molecule has 0 atom stereocenters. The van der Waals surface area contributed by atoms with E-state index in [2.05, 4.69) is 6.92 Å². The molecule has 0 radical (unpaired) electrons. The van der Waals surface area contributed by atoms with Crippen LogP contribution >= 0.6 is 0 Å². The van der Waals surface area contributed by atoms with Crippen LogP contribution in [0, 0.1) is 5.92 Å². The van der Waals surface area contributed by atoms with Gasteiger partial charge in [-0.05, 0) is 31.6 Å². The Hall–Kier alpha value is -0.570. The Bertz CT molecular complexity index is 183. The van der Waals surface area contributed by atoms with Crippen LogP contribution in [0.25, 0.3) is 0 Å². The molecule has 0 unspecified atom stereocenters. The molecule has 15 heavy (non-hydrogen) atoms. The lowest BCUT2D eigenvalue weighted by Gasteiger charge is -2.27. The summed E-state index contributed by atoms with van der Waals surface area (Å²) in [6.45, 7) is 4.61. The molecule has 1 rings (SSSR count). The Kier molecular flexibility index (Phi) is 5.69. The topological polar surface area (TPSA) is 35.5 Å². The third-order valence-corrected chi connectivity index (χ3v) is 3.11. The molecule has 1 aliphatic rings. The van der Waals surface area contributed by atoms with E-state index in [9.17, 15) is 4.79 Å². The summed E-state index contributed by atoms with van der Waals surface area (Å²) in [5, 5.41) is 0. The van der Waals surface area contributed by atoms with Crippen molar-refractivity contribution in [2.45, 2.75) is 52.1 Å². The maximum Gasteiger partial charge on any atom is 0.302 e. The van der Waals surface area contributed by atoms with E-state index in [1.54, 1.807) is 0 Å². The van der Waals surface area contributed by atoms with Crippen LogP contribution in [0.1, 0.15) is 46.0 Å². The molecule has 0 amide bonds. The average molecular weight is 214 g/mol. The monoisotopic (exact) mass is 214 g/mol. The van der Waals surface area contributed by atoms with Gasteiger partial charge in [0.05, 0.1) is 12.7 Å². The van der Waals surface area contributed by atoms with Crippen LogP contribution in [0.3, 0.4) is 0 Å². The molecule has 1 saturated carbocycles. The zero-order valence-corrected chi connectivity index (χ0v) is 9.83. The summed E-state index contributed by atoms with van der Waals surface area (Å²) in [4.78, 5) is 10.5. The van der Waals surface area contributed by atoms with Crippen LogP contribution in [0.4, 0.5) is 0 Å². The van der Waals surface area contributed by atoms with Gasteiger partial charge < -0.3 is 9.47 Å². The highest BCUT2D eigenvalue weighted by atomic mass is 16.6. The zero-order valence-electron chi connectivity index (χ0n) is 9.83. The Balaban J connectivity index is 2.01. The average Bonchev–Trinajstić information content (AvgIpc) is 2.25. The van der Waals surface area contributed by atoms with Gasteiger partial charge in [0.25, 0.3) is 0 Å². The normalized spacial score (nSPS) is 26.3. The first kappa shape index (κ1) is 12.5. The summed E-state index contributed by atoms with van der Waals surface area (Å²) in [6, 6.07) is 0. The van der Waals surface area contributed by atoms with Gasteiger partial charge >= 0.3 is 5.97 Å². The highest BCUT2D eigenvalue weighted by Gasteiger charge is 2.19. The van der Waals surface area contributed by atoms with E-state index in [1.807, 2.05) is 0 Å². The summed E-state index contributed by atoms with van der Waals surface area (Å²) < 4.78 is 10.5. The quantitative estimate of drug-likeness (QED) is 0.521. The lowest BCUT2D eigenvalue weighted by molar-refractivity contribution is -0.143. The van der Waals surface area contributed by atoms with Crippen molar-refractivity contribution in [3.05, 3.63) is 0 Å². The molecule has 88 valence electrons. The summed E-state index contributed by atoms with van der Waals surface area (Å²) in [6.07, 6.45) is 6.59. The molecule has 0 aliphatic heterocycles. The maximum absolute atomic E-state index is 10.5. The second-order valence-corrected chi connectivity index (χ2v) is 4.26. The predicted molar refractivity (Wildman–Crippen MR) is 58.6 cm³/mol. The SMILES string of the molecule is CCC1CCC(OCCOC(C)=O)CC1. The molecule has 0 spiro atoms. The van der Waals surface area contributed by atoms with E-state index in [4.69, 9.17) is 9.47 Å². The van der Waals surface area contributed by atoms with E-state index >= 15 is 0 Å². The van der Waals surface area contributed by atoms with Crippen molar-refractivity contribution in [2.24, 2.45) is 5.92 Å². The van der Waals surface area contributed by atoms with Gasteiger partial charge in [-0.15, -0.1) is 0 Å². The van der Waals surface area contributed by atoms with Crippen molar-refractivity contribution >= 4 is 5.97 Å². The number of carbonyl (C=O) groups is 1. The molecule has 0 heterocycles. The Morgan fingerprint density at radius 1 is 1.20 bits per heavy atom. The minimum Gasteiger partial charge on any atom is -0.463 e. The number of hydrogen-bond donors (Lipinski definition) is 0. The third kappa shape index (κ3) is 5.17. The van der Waals surface area contributed by atoms with Crippen LogP contribution in [0.2, 0.25) is 0 Å². The molecule has 3 heteroatoms. The van der Waals surface area contributed by atoms with Gasteiger partial charge in [-0.2, -0.15) is 0 Å². The molecule has 0 aromatic rings. The second-order valence-electron chi connectivity index (χ2n) is 4.26. The molecule has 1 fully saturated rings. The number of carbonyl (C=O) groups excluding carboxylic acids is 1. The fourth-order valence-electron chi connectivity index (χ4n) is 2.11. The van der Waals surface area contributed by atoms with Crippen molar-refractivity contribution < 1.29 is 14.3 Å². The van der Waals surface area contributed by atoms with Gasteiger partial charge in [0.2, 0.25) is 0 Å². The highest BCUT2D eigenvalue weighted by molar-refractivity contribution is 5.65. The van der Waals surface area contributed by atoms with E-state index in [1.165, 1.54) is 39.0 Å². The minimum atomic E-state index is -0.228. The molecule has 0 bridgehead atoms. The number of rotatable bonds is 5. The first-order valence-corrected chi connectivity index (χ1v) is 5.97. The molecular formula is C12H22O3. The Morgan fingerprint density at radius 3 is 2.40 bits per heavy atom. The van der Waals surface area contributed by atoms with Gasteiger partial charge in [-0.3, -0.25) is 4.79 Å². The van der Waals surface area contributed by atoms with Crippen molar-refractivity contribution in [2.75, 3.05) is 13.2 Å². The van der Waals surface area contributed by atoms with E-state index in [0.29, 0.717) is 19.3 Å². The fraction of sp³-hybridized carbons (Fsp3) is 0.917. The van der Waals surface area contributed by atoms with Crippen molar-refractivity contribution in [3.8, 4) is 0 Å². The van der Waals surface area contributed by atoms with E-state index in [-0.39, 0.29) is 5.97 Å². The number of esters is 1. The molecule has 1 aliphatic carbocycles. The number of ether oxygens (including phenoxy) is 2. The second kappa shape index (κ2) is 6.83. The predicted octanol–water partition coefficient (Wildman–Crippen LogP) is 2.53. The lowest BCUT2D eigenvalue weighted by atomic mass is 9.86. The summed E-state index contributed by atoms with van der Waals surface area (Å²) in [5.74, 6) is 0.673. The first-order chi connectivity index (χ1) is 7.22. The molecule has 0 saturated heterocycles. The van der Waals surface area contributed by atoms with Crippen molar-refractivity contribution in [3.63, 3.8) is 0 Å². The highest BCUT2D eigenvalue weighted by Crippen LogP contribution is 2.27. The molecule has 0 aromatic heterocycles. The van der Waals surface area contributed by atoms with Crippen LogP contribution < -0.4 is 0 Å². The van der Waals surface area contributed by atoms with Crippen LogP contribution in [-0.2, 0) is 14.3 Å². The Labute approximate surface area is 92.1 Å².